The second-order valence-corrected chi connectivity index (χ2v) is 6.85. The fraction of sp³-hybridized carbons (Fsp3) is 0.190. The molecule has 9 nitrogen and oxygen atoms in total. The molecule has 0 radical (unpaired) electrons. The van der Waals surface area contributed by atoms with Crippen molar-refractivity contribution in [2.45, 2.75) is 19.4 Å². The van der Waals surface area contributed by atoms with Crippen LogP contribution >= 0.6 is 0 Å². The summed E-state index contributed by atoms with van der Waals surface area (Å²) in [5.41, 5.74) is 0.944. The lowest BCUT2D eigenvalue weighted by Crippen LogP contribution is -2.31. The topological polar surface area (TPSA) is 138 Å². The molecular weight excluding hydrogens is 392 g/mol. The number of hydrogen-bond donors (Lipinski definition) is 2. The van der Waals surface area contributed by atoms with Crippen LogP contribution in [0.1, 0.15) is 29.2 Å². The zero-order valence-electron chi connectivity index (χ0n) is 15.9. The number of carbonyl (C=O) groups is 3. The highest BCUT2D eigenvalue weighted by Crippen LogP contribution is 2.40. The Morgan fingerprint density at radius 2 is 1.80 bits per heavy atom. The van der Waals surface area contributed by atoms with E-state index in [1.165, 1.54) is 24.3 Å². The summed E-state index contributed by atoms with van der Waals surface area (Å²) < 4.78 is 0. The maximum Gasteiger partial charge on any atom is 0.305 e. The Hall–Kier alpha value is -4.01. The molecule has 0 spiro atoms. The molecular formula is C21H18N2O7. The van der Waals surface area contributed by atoms with Gasteiger partial charge in [-0.25, -0.2) is 0 Å². The van der Waals surface area contributed by atoms with Gasteiger partial charge in [0.15, 0.2) is 0 Å². The minimum absolute atomic E-state index is 0.224. The molecule has 9 heteroatoms. The highest BCUT2D eigenvalue weighted by Gasteiger charge is 2.46. The fourth-order valence-electron chi connectivity index (χ4n) is 3.35. The summed E-state index contributed by atoms with van der Waals surface area (Å²) in [5, 5.41) is 31.0. The van der Waals surface area contributed by atoms with Gasteiger partial charge in [-0.15, -0.1) is 0 Å². The van der Waals surface area contributed by atoms with E-state index < -0.39 is 40.8 Å². The quantitative estimate of drug-likeness (QED) is 0.245. The maximum absolute atomic E-state index is 12.8. The van der Waals surface area contributed by atoms with Crippen molar-refractivity contribution in [2.75, 3.05) is 6.54 Å². The van der Waals surface area contributed by atoms with Crippen LogP contribution in [0.15, 0.2) is 54.1 Å². The van der Waals surface area contributed by atoms with E-state index in [1.54, 1.807) is 24.3 Å². The molecule has 1 fully saturated rings. The Labute approximate surface area is 171 Å². The van der Waals surface area contributed by atoms with E-state index in [9.17, 15) is 29.6 Å². The average molecular weight is 410 g/mol. The number of nitrogens with zero attached hydrogens (tertiary/aromatic N) is 2. The lowest BCUT2D eigenvalue weighted by Gasteiger charge is -2.24. The number of aryl methyl sites for hydroxylation is 1. The number of aliphatic hydroxyl groups is 1. The highest BCUT2D eigenvalue weighted by atomic mass is 16.6. The molecule has 1 aliphatic heterocycles. The first-order chi connectivity index (χ1) is 14.2. The number of nitro groups is 1. The normalized spacial score (nSPS) is 17.9. The van der Waals surface area contributed by atoms with Crippen molar-refractivity contribution in [1.82, 2.24) is 4.90 Å². The lowest BCUT2D eigenvalue weighted by atomic mass is 9.94. The van der Waals surface area contributed by atoms with Crippen LogP contribution < -0.4 is 0 Å². The van der Waals surface area contributed by atoms with Gasteiger partial charge in [-0.05, 0) is 12.5 Å². The number of benzene rings is 2. The predicted octanol–water partition coefficient (Wildman–Crippen LogP) is 2.80. The van der Waals surface area contributed by atoms with E-state index in [-0.39, 0.29) is 23.4 Å². The predicted molar refractivity (Wildman–Crippen MR) is 106 cm³/mol. The number of ketones is 1. The molecule has 30 heavy (non-hydrogen) atoms. The number of nitro benzene ring substituents is 1. The Bertz CT molecular complexity index is 1070. The molecule has 0 bridgehead atoms. The summed E-state index contributed by atoms with van der Waals surface area (Å²) in [6, 6.07) is 10.8. The number of aliphatic hydroxyl groups excluding tert-OH is 1. The first-order valence-electron chi connectivity index (χ1n) is 9.02. The number of hydrogen-bond acceptors (Lipinski definition) is 6. The maximum atomic E-state index is 12.8. The highest BCUT2D eigenvalue weighted by molar-refractivity contribution is 6.46. The number of amides is 1. The van der Waals surface area contributed by atoms with Gasteiger partial charge in [0.25, 0.3) is 17.4 Å². The molecule has 1 aliphatic rings. The third-order valence-corrected chi connectivity index (χ3v) is 4.83. The fourth-order valence-corrected chi connectivity index (χ4v) is 3.35. The minimum Gasteiger partial charge on any atom is -0.507 e. The molecule has 3 rings (SSSR count). The van der Waals surface area contributed by atoms with Gasteiger partial charge in [0, 0.05) is 24.2 Å². The van der Waals surface area contributed by atoms with Crippen molar-refractivity contribution in [3.63, 3.8) is 0 Å². The number of Topliss-reactive ketones (excluding diaryl/α,β-unsaturated/α-hetero) is 1. The van der Waals surface area contributed by atoms with Crippen molar-refractivity contribution < 1.29 is 29.5 Å². The molecule has 0 saturated carbocycles. The molecule has 1 unspecified atom stereocenters. The molecule has 0 aromatic heterocycles. The third kappa shape index (κ3) is 3.90. The van der Waals surface area contributed by atoms with Gasteiger partial charge in [-0.2, -0.15) is 0 Å². The van der Waals surface area contributed by atoms with Gasteiger partial charge in [-0.3, -0.25) is 24.5 Å². The molecule has 2 aromatic rings. The van der Waals surface area contributed by atoms with Crippen LogP contribution in [0.25, 0.3) is 5.76 Å². The summed E-state index contributed by atoms with van der Waals surface area (Å²) in [5.74, 6) is -3.55. The van der Waals surface area contributed by atoms with Gasteiger partial charge in [0.2, 0.25) is 0 Å². The zero-order valence-corrected chi connectivity index (χ0v) is 15.9. The number of rotatable bonds is 6. The van der Waals surface area contributed by atoms with E-state index in [2.05, 4.69) is 0 Å². The molecule has 2 aromatic carbocycles. The van der Waals surface area contributed by atoms with E-state index in [0.29, 0.717) is 5.56 Å². The Morgan fingerprint density at radius 3 is 2.40 bits per heavy atom. The number of non-ortho nitro benzene ring substituents is 1. The lowest BCUT2D eigenvalue weighted by molar-refractivity contribution is -0.384. The van der Waals surface area contributed by atoms with Gasteiger partial charge in [0.1, 0.15) is 5.76 Å². The van der Waals surface area contributed by atoms with Crippen molar-refractivity contribution in [3.05, 3.63) is 80.9 Å². The van der Waals surface area contributed by atoms with Gasteiger partial charge >= 0.3 is 5.97 Å². The summed E-state index contributed by atoms with van der Waals surface area (Å²) in [6.07, 6.45) is -0.428. The number of carboxylic acids is 1. The average Bonchev–Trinajstić information content (AvgIpc) is 2.97. The Kier molecular flexibility index (Phi) is 5.63. The van der Waals surface area contributed by atoms with E-state index >= 15 is 0 Å². The van der Waals surface area contributed by atoms with Crippen LogP contribution in [0.2, 0.25) is 0 Å². The van der Waals surface area contributed by atoms with Crippen molar-refractivity contribution in [2.24, 2.45) is 0 Å². The number of likely N-dealkylation sites (tertiary alicyclic amines) is 1. The summed E-state index contributed by atoms with van der Waals surface area (Å²) >= 11 is 0. The largest absolute Gasteiger partial charge is 0.507 e. The second kappa shape index (κ2) is 8.16. The second-order valence-electron chi connectivity index (χ2n) is 6.85. The van der Waals surface area contributed by atoms with Crippen LogP contribution in [-0.4, -0.2) is 44.2 Å². The van der Waals surface area contributed by atoms with Crippen LogP contribution in [0.5, 0.6) is 0 Å². The first kappa shape index (κ1) is 20.7. The standard InChI is InChI=1S/C21H18N2O7/c1-12-5-7-13(8-6-12)19(26)17-18(14-3-2-4-15(11-14)23(29)30)22(10-9-16(24)25)21(28)20(17)27/h2-8,11,18,26H,9-10H2,1H3,(H,24,25)/b19-17-. The number of carbonyl (C=O) groups excluding carboxylic acids is 2. The summed E-state index contributed by atoms with van der Waals surface area (Å²) in [7, 11) is 0. The Morgan fingerprint density at radius 1 is 1.13 bits per heavy atom. The van der Waals surface area contributed by atoms with E-state index in [4.69, 9.17) is 5.11 Å². The van der Waals surface area contributed by atoms with Crippen LogP contribution in [0.3, 0.4) is 0 Å². The van der Waals surface area contributed by atoms with Crippen LogP contribution in [0, 0.1) is 17.0 Å². The molecule has 1 amide bonds. The van der Waals surface area contributed by atoms with Gasteiger partial charge in [-0.1, -0.05) is 42.0 Å². The summed E-state index contributed by atoms with van der Waals surface area (Å²) in [4.78, 5) is 48.0. The molecule has 1 atom stereocenters. The van der Waals surface area contributed by atoms with Crippen molar-refractivity contribution in [3.8, 4) is 0 Å². The molecule has 0 aliphatic carbocycles. The molecule has 1 saturated heterocycles. The van der Waals surface area contributed by atoms with Crippen molar-refractivity contribution in [1.29, 1.82) is 0 Å². The van der Waals surface area contributed by atoms with Crippen LogP contribution in [-0.2, 0) is 14.4 Å². The van der Waals surface area contributed by atoms with Crippen LogP contribution in [0.4, 0.5) is 5.69 Å². The Balaban J connectivity index is 2.19. The zero-order chi connectivity index (χ0) is 22.0. The SMILES string of the molecule is Cc1ccc(/C(O)=C2/C(=O)C(=O)N(CCC(=O)O)C2c2cccc([N+](=O)[O-])c2)cc1. The smallest absolute Gasteiger partial charge is 0.305 e. The summed E-state index contributed by atoms with van der Waals surface area (Å²) in [6.45, 7) is 1.55. The van der Waals surface area contributed by atoms with Crippen molar-refractivity contribution >= 4 is 29.1 Å². The van der Waals surface area contributed by atoms with E-state index in [0.717, 1.165) is 10.5 Å². The third-order valence-electron chi connectivity index (χ3n) is 4.83. The molecule has 154 valence electrons. The first-order valence-corrected chi connectivity index (χ1v) is 9.02. The number of carboxylic acid groups (broad SMARTS) is 1. The van der Waals surface area contributed by atoms with Gasteiger partial charge in [0.05, 0.1) is 23.0 Å². The number of aliphatic carboxylic acids is 1. The molecule has 1 heterocycles. The van der Waals surface area contributed by atoms with E-state index in [1.807, 2.05) is 6.92 Å². The van der Waals surface area contributed by atoms with Gasteiger partial charge < -0.3 is 15.1 Å². The molecule has 2 N–H and O–H groups in total. The monoisotopic (exact) mass is 410 g/mol. The minimum atomic E-state index is -1.17.